The molecule has 0 fully saturated rings. The minimum absolute atomic E-state index is 0.719. The topological polar surface area (TPSA) is 18.5 Å². The maximum Gasteiger partial charge on any atom is 0.119 e. The van der Waals surface area contributed by atoms with E-state index in [1.54, 1.807) is 0 Å². The van der Waals surface area contributed by atoms with Crippen molar-refractivity contribution in [3.63, 3.8) is 0 Å². The Balaban J connectivity index is 1.23. The summed E-state index contributed by atoms with van der Waals surface area (Å²) in [6.45, 7) is 15.5. The normalized spacial score (nSPS) is 13.0. The molecule has 0 aliphatic rings. The van der Waals surface area contributed by atoms with Crippen molar-refractivity contribution in [1.82, 2.24) is 0 Å². The molecular formula is C40H54O2S2. The van der Waals surface area contributed by atoms with Gasteiger partial charge in [0.05, 0.1) is 13.2 Å². The van der Waals surface area contributed by atoms with Crippen LogP contribution < -0.4 is 9.47 Å². The van der Waals surface area contributed by atoms with E-state index in [0.717, 1.165) is 61.2 Å². The van der Waals surface area contributed by atoms with E-state index in [2.05, 4.69) is 114 Å². The van der Waals surface area contributed by atoms with Gasteiger partial charge in [-0.05, 0) is 120 Å². The molecule has 0 aliphatic carbocycles. The van der Waals surface area contributed by atoms with Crippen molar-refractivity contribution in [1.29, 1.82) is 0 Å². The second-order valence-electron chi connectivity index (χ2n) is 13.5. The van der Waals surface area contributed by atoms with Crippen molar-refractivity contribution in [3.05, 3.63) is 72.8 Å². The van der Waals surface area contributed by atoms with Gasteiger partial charge in [0.25, 0.3) is 0 Å². The Labute approximate surface area is 275 Å². The van der Waals surface area contributed by atoms with E-state index in [4.69, 9.17) is 9.47 Å². The average molecular weight is 631 g/mol. The third kappa shape index (κ3) is 11.4. The van der Waals surface area contributed by atoms with Crippen LogP contribution in [0.15, 0.2) is 72.8 Å². The Morgan fingerprint density at radius 2 is 0.795 bits per heavy atom. The van der Waals surface area contributed by atoms with Gasteiger partial charge < -0.3 is 9.47 Å². The van der Waals surface area contributed by atoms with Gasteiger partial charge in [0.2, 0.25) is 0 Å². The first-order valence-corrected chi connectivity index (χ1v) is 18.6. The lowest BCUT2D eigenvalue weighted by molar-refractivity contribution is 0.275. The van der Waals surface area contributed by atoms with Gasteiger partial charge >= 0.3 is 0 Å². The molecule has 4 rings (SSSR count). The van der Waals surface area contributed by atoms with E-state index in [-0.39, 0.29) is 0 Å². The summed E-state index contributed by atoms with van der Waals surface area (Å²) in [4.78, 5) is 5.20. The summed E-state index contributed by atoms with van der Waals surface area (Å²) in [5.74, 6) is 4.97. The molecule has 4 aromatic rings. The van der Waals surface area contributed by atoms with Gasteiger partial charge in [-0.3, -0.25) is 0 Å². The minimum Gasteiger partial charge on any atom is -0.494 e. The fraction of sp³-hybridized carbons (Fsp3) is 0.500. The molecule has 0 bridgehead atoms. The first-order valence-electron chi connectivity index (χ1n) is 16.9. The van der Waals surface area contributed by atoms with Crippen LogP contribution in [-0.4, -0.2) is 13.2 Å². The zero-order valence-electron chi connectivity index (χ0n) is 27.9. The third-order valence-electron chi connectivity index (χ3n) is 8.45. The Kier molecular flexibility index (Phi) is 13.9. The fourth-order valence-electron chi connectivity index (χ4n) is 5.48. The second kappa shape index (κ2) is 17.8. The lowest BCUT2D eigenvalue weighted by Crippen LogP contribution is -2.04. The van der Waals surface area contributed by atoms with Crippen LogP contribution in [0.1, 0.15) is 92.9 Å². The molecule has 0 spiro atoms. The molecular weight excluding hydrogens is 577 g/mol. The van der Waals surface area contributed by atoms with Crippen LogP contribution in [0.5, 0.6) is 11.5 Å². The maximum atomic E-state index is 6.07. The SMILES string of the molecule is CC(C)CCCC(C)CCOc1ccc(-c2ccc(-c3ccc(-c4ccc(OCCC(C)CCCC(C)C)cc4)s3)s2)cc1. The van der Waals surface area contributed by atoms with Crippen LogP contribution >= 0.6 is 22.7 Å². The quantitative estimate of drug-likeness (QED) is 0.103. The van der Waals surface area contributed by atoms with Crippen LogP contribution in [0, 0.1) is 23.7 Å². The van der Waals surface area contributed by atoms with Crippen LogP contribution in [0.25, 0.3) is 30.6 Å². The first kappa shape index (κ1) is 34.3. The van der Waals surface area contributed by atoms with Gasteiger partial charge in [0.1, 0.15) is 11.5 Å². The molecule has 2 unspecified atom stereocenters. The molecule has 2 nitrogen and oxygen atoms in total. The maximum absolute atomic E-state index is 6.07. The summed E-state index contributed by atoms with van der Waals surface area (Å²) in [7, 11) is 0. The van der Waals surface area contributed by atoms with E-state index < -0.39 is 0 Å². The molecule has 0 N–H and O–H groups in total. The van der Waals surface area contributed by atoms with Crippen molar-refractivity contribution in [2.24, 2.45) is 23.7 Å². The predicted octanol–water partition coefficient (Wildman–Crippen LogP) is 13.3. The largest absolute Gasteiger partial charge is 0.494 e. The molecule has 0 saturated heterocycles. The fourth-order valence-corrected chi connectivity index (χ4v) is 7.59. The lowest BCUT2D eigenvalue weighted by atomic mass is 9.98. The van der Waals surface area contributed by atoms with Gasteiger partial charge in [-0.15, -0.1) is 22.7 Å². The van der Waals surface area contributed by atoms with E-state index in [1.165, 1.54) is 69.2 Å². The summed E-state index contributed by atoms with van der Waals surface area (Å²) >= 11 is 3.71. The predicted molar refractivity (Wildman–Crippen MR) is 194 cm³/mol. The van der Waals surface area contributed by atoms with E-state index in [0.29, 0.717) is 0 Å². The number of thiophene rings is 2. The minimum atomic E-state index is 0.719. The number of ether oxygens (including phenoxy) is 2. The highest BCUT2D eigenvalue weighted by Crippen LogP contribution is 2.40. The summed E-state index contributed by atoms with van der Waals surface area (Å²) in [5.41, 5.74) is 2.49. The first-order chi connectivity index (χ1) is 21.3. The number of hydrogen-bond donors (Lipinski definition) is 0. The van der Waals surface area contributed by atoms with Gasteiger partial charge in [0.15, 0.2) is 0 Å². The smallest absolute Gasteiger partial charge is 0.119 e. The zero-order chi connectivity index (χ0) is 31.3. The Bertz CT molecular complexity index is 1240. The molecule has 2 atom stereocenters. The Morgan fingerprint density at radius 1 is 0.432 bits per heavy atom. The molecule has 2 heterocycles. The highest BCUT2D eigenvalue weighted by atomic mass is 32.1. The molecule has 0 saturated carbocycles. The average Bonchev–Trinajstić information content (AvgIpc) is 3.68. The molecule has 238 valence electrons. The van der Waals surface area contributed by atoms with Gasteiger partial charge in [-0.2, -0.15) is 0 Å². The van der Waals surface area contributed by atoms with Crippen LogP contribution in [0.2, 0.25) is 0 Å². The van der Waals surface area contributed by atoms with E-state index in [1.807, 2.05) is 22.7 Å². The summed E-state index contributed by atoms with van der Waals surface area (Å²) in [5, 5.41) is 0. The number of hydrogen-bond acceptors (Lipinski definition) is 4. The molecule has 2 aromatic carbocycles. The van der Waals surface area contributed by atoms with Crippen molar-refractivity contribution in [2.45, 2.75) is 92.9 Å². The number of benzene rings is 2. The summed E-state index contributed by atoms with van der Waals surface area (Å²) in [6, 6.07) is 26.2. The van der Waals surface area contributed by atoms with Gasteiger partial charge in [0, 0.05) is 19.5 Å². The highest BCUT2D eigenvalue weighted by Gasteiger charge is 2.11. The summed E-state index contributed by atoms with van der Waals surface area (Å²) in [6.07, 6.45) is 10.1. The molecule has 0 radical (unpaired) electrons. The van der Waals surface area contributed by atoms with Gasteiger partial charge in [-0.25, -0.2) is 0 Å². The molecule has 0 aliphatic heterocycles. The Hall–Kier alpha value is -2.56. The van der Waals surface area contributed by atoms with E-state index >= 15 is 0 Å². The zero-order valence-corrected chi connectivity index (χ0v) is 29.6. The van der Waals surface area contributed by atoms with Crippen molar-refractivity contribution in [3.8, 4) is 42.1 Å². The lowest BCUT2D eigenvalue weighted by Gasteiger charge is -2.13. The van der Waals surface area contributed by atoms with Crippen molar-refractivity contribution < 1.29 is 9.47 Å². The van der Waals surface area contributed by atoms with Gasteiger partial charge in [-0.1, -0.05) is 80.1 Å². The third-order valence-corrected chi connectivity index (χ3v) is 10.9. The molecule has 44 heavy (non-hydrogen) atoms. The standard InChI is InChI=1S/C40H54O2S2/c1-29(2)9-7-11-31(5)25-27-41-35-17-13-33(14-18-35)37-21-23-39(43-37)40-24-22-38(44-40)34-15-19-36(20-16-34)42-28-26-32(6)12-8-10-30(3)4/h13-24,29-32H,7-12,25-28H2,1-6H3. The second-order valence-corrected chi connectivity index (χ2v) is 15.7. The summed E-state index contributed by atoms with van der Waals surface area (Å²) < 4.78 is 12.1. The van der Waals surface area contributed by atoms with Crippen LogP contribution in [0.4, 0.5) is 0 Å². The van der Waals surface area contributed by atoms with E-state index in [9.17, 15) is 0 Å². The molecule has 0 amide bonds. The van der Waals surface area contributed by atoms with Crippen molar-refractivity contribution in [2.75, 3.05) is 13.2 Å². The molecule has 4 heteroatoms. The van der Waals surface area contributed by atoms with Crippen molar-refractivity contribution >= 4 is 22.7 Å². The molecule has 2 aromatic heterocycles. The van der Waals surface area contributed by atoms with Crippen LogP contribution in [0.3, 0.4) is 0 Å². The monoisotopic (exact) mass is 630 g/mol. The Morgan fingerprint density at radius 3 is 1.16 bits per heavy atom. The highest BCUT2D eigenvalue weighted by molar-refractivity contribution is 7.25. The number of rotatable bonds is 19. The van der Waals surface area contributed by atoms with Crippen LogP contribution in [-0.2, 0) is 0 Å².